The zero-order chi connectivity index (χ0) is 14.0. The van der Waals surface area contributed by atoms with Crippen molar-refractivity contribution in [3.8, 4) is 11.3 Å². The van der Waals surface area contributed by atoms with Gasteiger partial charge in [0.15, 0.2) is 5.76 Å². The van der Waals surface area contributed by atoms with Gasteiger partial charge in [-0.1, -0.05) is 6.92 Å². The Hall–Kier alpha value is -2.14. The summed E-state index contributed by atoms with van der Waals surface area (Å²) in [4.78, 5) is 21.3. The third kappa shape index (κ3) is 2.66. The highest BCUT2D eigenvalue weighted by atomic mass is 35.5. The molecule has 0 unspecified atom stereocenters. The average Bonchev–Trinajstić information content (AvgIpc) is 2.87. The molecule has 1 heterocycles. The Labute approximate surface area is 113 Å². The molecule has 0 fully saturated rings. The zero-order valence-electron chi connectivity index (χ0n) is 10.1. The molecule has 2 aromatic rings. The predicted molar refractivity (Wildman–Crippen MR) is 70.4 cm³/mol. The van der Waals surface area contributed by atoms with Gasteiger partial charge in [0, 0.05) is 17.7 Å². The molecule has 0 radical (unpaired) electrons. The van der Waals surface area contributed by atoms with Crippen molar-refractivity contribution in [2.45, 2.75) is 13.3 Å². The molecule has 0 bridgehead atoms. The first kappa shape index (κ1) is 13.3. The summed E-state index contributed by atoms with van der Waals surface area (Å²) in [5.41, 5.74) is 1.52. The summed E-state index contributed by atoms with van der Waals surface area (Å²) in [5.74, 6) is 0.521. The molecule has 2 rings (SSSR count). The third-order valence-electron chi connectivity index (χ3n) is 2.75. The van der Waals surface area contributed by atoms with Crippen molar-refractivity contribution < 1.29 is 14.1 Å². The Morgan fingerprint density at radius 3 is 2.63 bits per heavy atom. The van der Waals surface area contributed by atoms with E-state index in [9.17, 15) is 14.9 Å². The van der Waals surface area contributed by atoms with Crippen molar-refractivity contribution in [3.63, 3.8) is 0 Å². The second-order valence-electron chi connectivity index (χ2n) is 3.89. The van der Waals surface area contributed by atoms with Crippen LogP contribution in [0.3, 0.4) is 0 Å². The van der Waals surface area contributed by atoms with E-state index in [4.69, 9.17) is 16.0 Å². The number of benzene rings is 1. The van der Waals surface area contributed by atoms with Crippen molar-refractivity contribution in [1.82, 2.24) is 0 Å². The lowest BCUT2D eigenvalue weighted by Gasteiger charge is -2.04. The van der Waals surface area contributed by atoms with E-state index in [1.165, 1.54) is 18.2 Å². The number of nitrogens with zero attached hydrogens (tertiary/aromatic N) is 1. The Bertz CT molecular complexity index is 648. The fraction of sp³-hybridized carbons (Fsp3) is 0.154. The number of nitro groups is 1. The lowest BCUT2D eigenvalue weighted by molar-refractivity contribution is -0.384. The minimum Gasteiger partial charge on any atom is -0.452 e. The highest BCUT2D eigenvalue weighted by Gasteiger charge is 2.15. The topological polar surface area (TPSA) is 73.3 Å². The molecule has 0 amide bonds. The highest BCUT2D eigenvalue weighted by Crippen LogP contribution is 2.29. The van der Waals surface area contributed by atoms with Crippen molar-refractivity contribution >= 4 is 22.5 Å². The van der Waals surface area contributed by atoms with Crippen LogP contribution in [-0.4, -0.2) is 10.2 Å². The van der Waals surface area contributed by atoms with E-state index in [0.29, 0.717) is 12.2 Å². The van der Waals surface area contributed by atoms with Crippen molar-refractivity contribution in [3.05, 3.63) is 51.8 Å². The van der Waals surface area contributed by atoms with Crippen LogP contribution in [0, 0.1) is 10.1 Å². The van der Waals surface area contributed by atoms with E-state index in [2.05, 4.69) is 0 Å². The summed E-state index contributed by atoms with van der Waals surface area (Å²) >= 11 is 5.32. The van der Waals surface area contributed by atoms with Gasteiger partial charge >= 0.3 is 0 Å². The van der Waals surface area contributed by atoms with E-state index >= 15 is 0 Å². The summed E-state index contributed by atoms with van der Waals surface area (Å²) < 4.78 is 5.32. The maximum atomic E-state index is 11.0. The number of carbonyl (C=O) groups is 1. The summed E-state index contributed by atoms with van der Waals surface area (Å²) in [6.45, 7) is 1.89. The van der Waals surface area contributed by atoms with Crippen LogP contribution in [0.1, 0.15) is 23.0 Å². The Kier molecular flexibility index (Phi) is 3.66. The van der Waals surface area contributed by atoms with Crippen LogP contribution in [0.15, 0.2) is 34.7 Å². The van der Waals surface area contributed by atoms with Crippen LogP contribution < -0.4 is 0 Å². The number of halogens is 1. The zero-order valence-corrected chi connectivity index (χ0v) is 10.8. The molecule has 1 aromatic carbocycles. The fourth-order valence-corrected chi connectivity index (χ4v) is 1.92. The third-order valence-corrected chi connectivity index (χ3v) is 2.93. The van der Waals surface area contributed by atoms with Gasteiger partial charge < -0.3 is 4.42 Å². The molecular formula is C13H10ClNO4. The number of nitro benzene ring substituents is 1. The van der Waals surface area contributed by atoms with Crippen LogP contribution in [0.25, 0.3) is 11.3 Å². The molecule has 0 aliphatic carbocycles. The number of hydrogen-bond acceptors (Lipinski definition) is 4. The quantitative estimate of drug-likeness (QED) is 0.485. The van der Waals surface area contributed by atoms with Gasteiger partial charge in [0.1, 0.15) is 5.76 Å². The van der Waals surface area contributed by atoms with Gasteiger partial charge in [-0.25, -0.2) is 0 Å². The van der Waals surface area contributed by atoms with Crippen molar-refractivity contribution in [2.75, 3.05) is 0 Å². The first-order valence-electron chi connectivity index (χ1n) is 5.60. The van der Waals surface area contributed by atoms with E-state index < -0.39 is 10.2 Å². The molecule has 0 atom stereocenters. The van der Waals surface area contributed by atoms with Crippen molar-refractivity contribution in [1.29, 1.82) is 0 Å². The minimum atomic E-state index is -0.675. The van der Waals surface area contributed by atoms with E-state index in [0.717, 1.165) is 11.1 Å². The molecule has 1 aromatic heterocycles. The molecule has 0 aliphatic rings. The number of aryl methyl sites for hydroxylation is 1. The van der Waals surface area contributed by atoms with Gasteiger partial charge in [0.25, 0.3) is 10.9 Å². The molecule has 0 aliphatic heterocycles. The Balaban J connectivity index is 2.48. The maximum Gasteiger partial charge on any atom is 0.287 e. The fourth-order valence-electron chi connectivity index (χ4n) is 1.81. The standard InChI is InChI=1S/C13H10ClNO4/c1-2-8-7-9(15(17)18)3-4-10(8)11-5-6-12(19-11)13(14)16/h3-7H,2H2,1H3. The first-order valence-corrected chi connectivity index (χ1v) is 5.98. The highest BCUT2D eigenvalue weighted by molar-refractivity contribution is 6.67. The smallest absolute Gasteiger partial charge is 0.287 e. The summed E-state index contributed by atoms with van der Waals surface area (Å²) in [6, 6.07) is 7.61. The summed E-state index contributed by atoms with van der Waals surface area (Å²) in [7, 11) is 0. The maximum absolute atomic E-state index is 11.0. The van der Waals surface area contributed by atoms with Gasteiger partial charge in [0.2, 0.25) is 0 Å². The lowest BCUT2D eigenvalue weighted by atomic mass is 10.0. The average molecular weight is 280 g/mol. The Morgan fingerprint density at radius 2 is 2.11 bits per heavy atom. The molecule has 19 heavy (non-hydrogen) atoms. The van der Waals surface area contributed by atoms with E-state index in [-0.39, 0.29) is 11.4 Å². The number of furan rings is 1. The lowest BCUT2D eigenvalue weighted by Crippen LogP contribution is -1.92. The van der Waals surface area contributed by atoms with Crippen molar-refractivity contribution in [2.24, 2.45) is 0 Å². The SMILES string of the molecule is CCc1cc([N+](=O)[O-])ccc1-c1ccc(C(=O)Cl)o1. The molecular weight excluding hydrogens is 270 g/mol. The predicted octanol–water partition coefficient (Wildman–Crippen LogP) is 3.80. The van der Waals surface area contributed by atoms with Crippen LogP contribution >= 0.6 is 11.6 Å². The van der Waals surface area contributed by atoms with Gasteiger partial charge in [-0.15, -0.1) is 0 Å². The van der Waals surface area contributed by atoms with Gasteiger partial charge in [-0.05, 0) is 41.8 Å². The number of non-ortho nitro benzene ring substituents is 1. The molecule has 6 heteroatoms. The molecule has 0 saturated heterocycles. The molecule has 0 N–H and O–H groups in total. The molecule has 0 saturated carbocycles. The molecule has 0 spiro atoms. The number of hydrogen-bond donors (Lipinski definition) is 0. The van der Waals surface area contributed by atoms with Gasteiger partial charge in [-0.3, -0.25) is 14.9 Å². The van der Waals surface area contributed by atoms with E-state index in [1.54, 1.807) is 12.1 Å². The largest absolute Gasteiger partial charge is 0.452 e. The second kappa shape index (κ2) is 5.24. The summed E-state index contributed by atoms with van der Waals surface area (Å²) in [5, 5.41) is 10.1. The van der Waals surface area contributed by atoms with E-state index in [1.807, 2.05) is 6.92 Å². The minimum absolute atomic E-state index is 0.0285. The van der Waals surface area contributed by atoms with Crippen LogP contribution in [0.4, 0.5) is 5.69 Å². The monoisotopic (exact) mass is 279 g/mol. The Morgan fingerprint density at radius 1 is 1.37 bits per heavy atom. The second-order valence-corrected chi connectivity index (χ2v) is 4.23. The number of carbonyl (C=O) groups excluding carboxylic acids is 1. The number of rotatable bonds is 4. The van der Waals surface area contributed by atoms with Gasteiger partial charge in [-0.2, -0.15) is 0 Å². The van der Waals surface area contributed by atoms with Crippen LogP contribution in [-0.2, 0) is 6.42 Å². The first-order chi connectivity index (χ1) is 9.02. The normalized spacial score (nSPS) is 10.4. The molecule has 98 valence electrons. The summed E-state index contributed by atoms with van der Waals surface area (Å²) in [6.07, 6.45) is 0.613. The molecule has 5 nitrogen and oxygen atoms in total. The van der Waals surface area contributed by atoms with Crippen LogP contribution in [0.5, 0.6) is 0 Å². The van der Waals surface area contributed by atoms with Crippen LogP contribution in [0.2, 0.25) is 0 Å². The van der Waals surface area contributed by atoms with Gasteiger partial charge in [0.05, 0.1) is 4.92 Å².